The molecule has 0 fully saturated rings. The molecule has 0 saturated carbocycles. The molecule has 0 aliphatic heterocycles. The number of rotatable bonds is 9. The van der Waals surface area contributed by atoms with E-state index >= 15 is 0 Å². The Hall–Kier alpha value is -3.02. The zero-order chi connectivity index (χ0) is 20.5. The number of anilines is 2. The van der Waals surface area contributed by atoms with Crippen molar-refractivity contribution in [3.8, 4) is 5.75 Å². The van der Waals surface area contributed by atoms with Crippen LogP contribution in [0.2, 0.25) is 0 Å². The lowest BCUT2D eigenvalue weighted by Crippen LogP contribution is -2.30. The lowest BCUT2D eigenvalue weighted by Gasteiger charge is -2.12. The van der Waals surface area contributed by atoms with Gasteiger partial charge in [0.25, 0.3) is 5.91 Å². The predicted octanol–water partition coefficient (Wildman–Crippen LogP) is 3.91. The first-order valence-corrected chi connectivity index (χ1v) is 9.51. The lowest BCUT2D eigenvalue weighted by molar-refractivity contribution is -0.114. The highest BCUT2D eigenvalue weighted by molar-refractivity contribution is 5.96. The summed E-state index contributed by atoms with van der Waals surface area (Å²) in [5.41, 5.74) is 1.94. The number of nitrogens with one attached hydrogen (secondary N) is 3. The molecule has 0 aliphatic carbocycles. The topological polar surface area (TPSA) is 79.5 Å². The fraction of sp³-hybridized carbons (Fsp3) is 0.364. The van der Waals surface area contributed by atoms with E-state index in [1.54, 1.807) is 24.3 Å². The van der Waals surface area contributed by atoms with Crippen molar-refractivity contribution in [2.45, 2.75) is 33.7 Å². The van der Waals surface area contributed by atoms with Crippen molar-refractivity contribution in [2.75, 3.05) is 23.8 Å². The van der Waals surface area contributed by atoms with Gasteiger partial charge in [-0.3, -0.25) is 9.59 Å². The highest BCUT2D eigenvalue weighted by Crippen LogP contribution is 2.18. The van der Waals surface area contributed by atoms with Gasteiger partial charge in [0.2, 0.25) is 5.91 Å². The Labute approximate surface area is 166 Å². The fourth-order valence-corrected chi connectivity index (χ4v) is 2.43. The van der Waals surface area contributed by atoms with Crippen molar-refractivity contribution in [3.05, 3.63) is 54.1 Å². The first kappa shape index (κ1) is 21.3. The van der Waals surface area contributed by atoms with E-state index in [1.165, 1.54) is 0 Å². The SMILES string of the molecule is CC(C)COc1cccc(NC(=O)CNc2cccc(C(=O)NC(C)C)c2)c1. The lowest BCUT2D eigenvalue weighted by atomic mass is 10.1. The van der Waals surface area contributed by atoms with E-state index in [0.717, 1.165) is 5.75 Å². The summed E-state index contributed by atoms with van der Waals surface area (Å²) >= 11 is 0. The summed E-state index contributed by atoms with van der Waals surface area (Å²) in [4.78, 5) is 24.3. The second-order valence-electron chi connectivity index (χ2n) is 7.34. The molecule has 2 aromatic rings. The predicted molar refractivity (Wildman–Crippen MR) is 113 cm³/mol. The Balaban J connectivity index is 1.89. The van der Waals surface area contributed by atoms with E-state index in [1.807, 2.05) is 38.1 Å². The molecule has 0 heterocycles. The van der Waals surface area contributed by atoms with Crippen molar-refractivity contribution >= 4 is 23.2 Å². The summed E-state index contributed by atoms with van der Waals surface area (Å²) in [6, 6.07) is 14.5. The van der Waals surface area contributed by atoms with E-state index in [9.17, 15) is 9.59 Å². The smallest absolute Gasteiger partial charge is 0.251 e. The molecule has 0 aromatic heterocycles. The molecule has 0 aliphatic rings. The first-order chi connectivity index (χ1) is 13.3. The molecule has 2 aromatic carbocycles. The number of carbonyl (C=O) groups is 2. The molecule has 2 amide bonds. The molecular weight excluding hydrogens is 354 g/mol. The van der Waals surface area contributed by atoms with Crippen LogP contribution in [0.1, 0.15) is 38.1 Å². The van der Waals surface area contributed by atoms with Crippen molar-refractivity contribution in [2.24, 2.45) is 5.92 Å². The minimum absolute atomic E-state index is 0.0650. The van der Waals surface area contributed by atoms with Crippen molar-refractivity contribution < 1.29 is 14.3 Å². The van der Waals surface area contributed by atoms with Crippen LogP contribution in [0.4, 0.5) is 11.4 Å². The monoisotopic (exact) mass is 383 g/mol. The van der Waals surface area contributed by atoms with Crippen LogP contribution in [0, 0.1) is 5.92 Å². The van der Waals surface area contributed by atoms with Gasteiger partial charge in [-0.05, 0) is 50.1 Å². The Morgan fingerprint density at radius 3 is 2.39 bits per heavy atom. The summed E-state index contributed by atoms with van der Waals surface area (Å²) in [6.45, 7) is 8.70. The molecule has 150 valence electrons. The third kappa shape index (κ3) is 7.31. The highest BCUT2D eigenvalue weighted by Gasteiger charge is 2.08. The average Bonchev–Trinajstić information content (AvgIpc) is 2.65. The number of benzene rings is 2. The molecule has 6 nitrogen and oxygen atoms in total. The second kappa shape index (κ2) is 10.3. The van der Waals surface area contributed by atoms with E-state index < -0.39 is 0 Å². The zero-order valence-electron chi connectivity index (χ0n) is 16.9. The number of amides is 2. The summed E-state index contributed by atoms with van der Waals surface area (Å²) < 4.78 is 5.68. The van der Waals surface area contributed by atoms with E-state index in [4.69, 9.17) is 4.74 Å². The quantitative estimate of drug-likeness (QED) is 0.613. The largest absolute Gasteiger partial charge is 0.493 e. The summed E-state index contributed by atoms with van der Waals surface area (Å²) in [6.07, 6.45) is 0. The van der Waals surface area contributed by atoms with Gasteiger partial charge in [-0.2, -0.15) is 0 Å². The van der Waals surface area contributed by atoms with Gasteiger partial charge in [-0.25, -0.2) is 0 Å². The van der Waals surface area contributed by atoms with E-state index in [2.05, 4.69) is 29.8 Å². The van der Waals surface area contributed by atoms with Crippen LogP contribution in [-0.2, 0) is 4.79 Å². The minimum atomic E-state index is -0.182. The molecular formula is C22H29N3O3. The minimum Gasteiger partial charge on any atom is -0.493 e. The van der Waals surface area contributed by atoms with Gasteiger partial charge in [-0.1, -0.05) is 26.0 Å². The molecule has 6 heteroatoms. The van der Waals surface area contributed by atoms with Gasteiger partial charge >= 0.3 is 0 Å². The molecule has 3 N–H and O–H groups in total. The normalized spacial score (nSPS) is 10.6. The third-order valence-corrected chi connectivity index (χ3v) is 3.70. The second-order valence-corrected chi connectivity index (χ2v) is 7.34. The summed E-state index contributed by atoms with van der Waals surface area (Å²) in [7, 11) is 0. The number of ether oxygens (including phenoxy) is 1. The Kier molecular flexibility index (Phi) is 7.87. The third-order valence-electron chi connectivity index (χ3n) is 3.70. The van der Waals surface area contributed by atoms with E-state index in [-0.39, 0.29) is 24.4 Å². The van der Waals surface area contributed by atoms with Gasteiger partial charge in [-0.15, -0.1) is 0 Å². The number of carbonyl (C=O) groups excluding carboxylic acids is 2. The van der Waals surface area contributed by atoms with Crippen LogP contribution in [-0.4, -0.2) is 31.0 Å². The zero-order valence-corrected chi connectivity index (χ0v) is 16.9. The van der Waals surface area contributed by atoms with Crippen LogP contribution in [0.15, 0.2) is 48.5 Å². The summed E-state index contributed by atoms with van der Waals surface area (Å²) in [5.74, 6) is 0.837. The van der Waals surface area contributed by atoms with Crippen molar-refractivity contribution in [1.82, 2.24) is 5.32 Å². The molecule has 0 atom stereocenters. The van der Waals surface area contributed by atoms with Gasteiger partial charge in [0.1, 0.15) is 5.75 Å². The Bertz CT molecular complexity index is 803. The maximum absolute atomic E-state index is 12.2. The molecule has 2 rings (SSSR count). The first-order valence-electron chi connectivity index (χ1n) is 9.51. The van der Waals surface area contributed by atoms with Crippen molar-refractivity contribution in [1.29, 1.82) is 0 Å². The Morgan fingerprint density at radius 1 is 0.964 bits per heavy atom. The fourth-order valence-electron chi connectivity index (χ4n) is 2.43. The van der Waals surface area contributed by atoms with E-state index in [0.29, 0.717) is 29.5 Å². The van der Waals surface area contributed by atoms with Crippen molar-refractivity contribution in [3.63, 3.8) is 0 Å². The maximum atomic E-state index is 12.2. The standard InChI is InChI=1S/C22H29N3O3/c1-15(2)14-28-20-10-6-9-19(12-20)25-21(26)13-23-18-8-5-7-17(11-18)22(27)24-16(3)4/h5-12,15-16,23H,13-14H2,1-4H3,(H,24,27)(H,25,26). The number of hydrogen-bond donors (Lipinski definition) is 3. The summed E-state index contributed by atoms with van der Waals surface area (Å²) in [5, 5.41) is 8.74. The average molecular weight is 383 g/mol. The van der Waals surface area contributed by atoms with Crippen LogP contribution in [0.5, 0.6) is 5.75 Å². The molecule has 0 unspecified atom stereocenters. The highest BCUT2D eigenvalue weighted by atomic mass is 16.5. The molecule has 0 saturated heterocycles. The van der Waals surface area contributed by atoms with Crippen LogP contribution >= 0.6 is 0 Å². The van der Waals surface area contributed by atoms with Crippen LogP contribution < -0.4 is 20.7 Å². The Morgan fingerprint density at radius 2 is 1.68 bits per heavy atom. The van der Waals surface area contributed by atoms with Gasteiger partial charge in [0, 0.05) is 29.0 Å². The van der Waals surface area contributed by atoms with Gasteiger partial charge in [0.15, 0.2) is 0 Å². The van der Waals surface area contributed by atoms with Gasteiger partial charge < -0.3 is 20.7 Å². The molecule has 0 bridgehead atoms. The van der Waals surface area contributed by atoms with Crippen LogP contribution in [0.25, 0.3) is 0 Å². The molecule has 0 radical (unpaired) electrons. The number of hydrogen-bond acceptors (Lipinski definition) is 4. The van der Waals surface area contributed by atoms with Gasteiger partial charge in [0.05, 0.1) is 13.2 Å². The maximum Gasteiger partial charge on any atom is 0.251 e. The molecule has 28 heavy (non-hydrogen) atoms. The molecule has 0 spiro atoms. The van der Waals surface area contributed by atoms with Crippen LogP contribution in [0.3, 0.4) is 0 Å².